The average Bonchev–Trinajstić information content (AvgIpc) is 2.30. The molecular weight excluding hydrogens is 289 g/mol. The second-order valence-electron chi connectivity index (χ2n) is 4.49. The minimum atomic E-state index is 0.352. The normalized spacial score (nSPS) is 17.1. The van der Waals surface area contributed by atoms with E-state index in [0.29, 0.717) is 26.4 Å². The van der Waals surface area contributed by atoms with Crippen LogP contribution in [0, 0.1) is 0 Å². The van der Waals surface area contributed by atoms with E-state index in [1.165, 1.54) is 19.3 Å². The number of hydrogen-bond acceptors (Lipinski definition) is 4. The van der Waals surface area contributed by atoms with Crippen LogP contribution in [0.15, 0.2) is 6.07 Å². The predicted octanol–water partition coefficient (Wildman–Crippen LogP) is 4.13. The van der Waals surface area contributed by atoms with Gasteiger partial charge in [-0.2, -0.15) is 11.8 Å². The SMILES string of the molecule is CNc1nc(NCC2(SC)CCC2)c(Cl)cc1Cl. The van der Waals surface area contributed by atoms with E-state index < -0.39 is 0 Å². The zero-order chi connectivity index (χ0) is 13.2. The maximum atomic E-state index is 6.15. The first-order chi connectivity index (χ1) is 8.60. The molecule has 0 spiro atoms. The highest BCUT2D eigenvalue weighted by molar-refractivity contribution is 8.00. The lowest BCUT2D eigenvalue weighted by Crippen LogP contribution is -2.40. The van der Waals surface area contributed by atoms with Gasteiger partial charge in [-0.15, -0.1) is 0 Å². The quantitative estimate of drug-likeness (QED) is 0.858. The van der Waals surface area contributed by atoms with Crippen molar-refractivity contribution in [3.63, 3.8) is 0 Å². The number of nitrogens with zero attached hydrogens (tertiary/aromatic N) is 1. The monoisotopic (exact) mass is 305 g/mol. The molecule has 2 N–H and O–H groups in total. The van der Waals surface area contributed by atoms with Crippen molar-refractivity contribution in [1.82, 2.24) is 4.98 Å². The molecule has 1 heterocycles. The molecule has 100 valence electrons. The molecule has 0 amide bonds. The number of aromatic nitrogens is 1. The summed E-state index contributed by atoms with van der Waals surface area (Å²) in [4.78, 5) is 4.39. The third-order valence-electron chi connectivity index (χ3n) is 3.44. The third kappa shape index (κ3) is 2.81. The highest BCUT2D eigenvalue weighted by atomic mass is 35.5. The summed E-state index contributed by atoms with van der Waals surface area (Å²) in [7, 11) is 1.79. The van der Waals surface area contributed by atoms with Gasteiger partial charge in [-0.05, 0) is 25.2 Å². The molecule has 0 saturated heterocycles. The molecule has 0 aromatic carbocycles. The van der Waals surface area contributed by atoms with Crippen LogP contribution in [-0.4, -0.2) is 29.6 Å². The Bertz CT molecular complexity index is 430. The molecule has 1 saturated carbocycles. The van der Waals surface area contributed by atoms with Crippen LogP contribution in [0.25, 0.3) is 0 Å². The Hall–Kier alpha value is -0.320. The van der Waals surface area contributed by atoms with Crippen molar-refractivity contribution in [2.45, 2.75) is 24.0 Å². The number of rotatable bonds is 5. The van der Waals surface area contributed by atoms with E-state index in [9.17, 15) is 0 Å². The third-order valence-corrected chi connectivity index (χ3v) is 5.44. The zero-order valence-corrected chi connectivity index (χ0v) is 12.8. The van der Waals surface area contributed by atoms with Crippen LogP contribution in [-0.2, 0) is 0 Å². The van der Waals surface area contributed by atoms with E-state index in [1.54, 1.807) is 13.1 Å². The molecule has 0 bridgehead atoms. The first kappa shape index (κ1) is 14.1. The number of thioether (sulfide) groups is 1. The van der Waals surface area contributed by atoms with E-state index in [1.807, 2.05) is 11.8 Å². The largest absolute Gasteiger partial charge is 0.372 e. The fourth-order valence-corrected chi connectivity index (χ4v) is 3.47. The van der Waals surface area contributed by atoms with E-state index in [0.717, 1.165) is 6.54 Å². The Morgan fingerprint density at radius 2 is 2.00 bits per heavy atom. The van der Waals surface area contributed by atoms with Crippen molar-refractivity contribution in [1.29, 1.82) is 0 Å². The minimum Gasteiger partial charge on any atom is -0.372 e. The van der Waals surface area contributed by atoms with Crippen molar-refractivity contribution < 1.29 is 0 Å². The van der Waals surface area contributed by atoms with Crippen LogP contribution < -0.4 is 10.6 Å². The van der Waals surface area contributed by atoms with Crippen LogP contribution >= 0.6 is 35.0 Å². The Morgan fingerprint density at radius 1 is 1.33 bits per heavy atom. The number of nitrogens with one attached hydrogen (secondary N) is 2. The molecule has 1 aromatic rings. The Morgan fingerprint density at radius 3 is 2.50 bits per heavy atom. The van der Waals surface area contributed by atoms with Crippen molar-refractivity contribution in [3.05, 3.63) is 16.1 Å². The van der Waals surface area contributed by atoms with Crippen LogP contribution in [0.1, 0.15) is 19.3 Å². The van der Waals surface area contributed by atoms with Crippen LogP contribution in [0.5, 0.6) is 0 Å². The van der Waals surface area contributed by atoms with E-state index >= 15 is 0 Å². The summed E-state index contributed by atoms with van der Waals surface area (Å²) in [6.45, 7) is 0.895. The molecule has 1 aromatic heterocycles. The van der Waals surface area contributed by atoms with Gasteiger partial charge in [0.1, 0.15) is 11.6 Å². The fraction of sp³-hybridized carbons (Fsp3) is 0.583. The summed E-state index contributed by atoms with van der Waals surface area (Å²) in [5.41, 5.74) is 0. The predicted molar refractivity (Wildman–Crippen MR) is 82.4 cm³/mol. The van der Waals surface area contributed by atoms with Crippen molar-refractivity contribution >= 4 is 46.6 Å². The first-order valence-corrected chi connectivity index (χ1v) is 7.91. The Labute approximate surface area is 122 Å². The smallest absolute Gasteiger partial charge is 0.147 e. The van der Waals surface area contributed by atoms with Gasteiger partial charge in [0.15, 0.2) is 0 Å². The van der Waals surface area contributed by atoms with Crippen molar-refractivity contribution in [3.8, 4) is 0 Å². The molecule has 1 fully saturated rings. The van der Waals surface area contributed by atoms with E-state index in [-0.39, 0.29) is 0 Å². The number of anilines is 2. The molecule has 2 rings (SSSR count). The van der Waals surface area contributed by atoms with Gasteiger partial charge in [-0.25, -0.2) is 4.98 Å². The van der Waals surface area contributed by atoms with E-state index in [4.69, 9.17) is 23.2 Å². The molecule has 3 nitrogen and oxygen atoms in total. The molecule has 0 unspecified atom stereocenters. The second kappa shape index (κ2) is 5.76. The van der Waals surface area contributed by atoms with Crippen LogP contribution in [0.4, 0.5) is 11.6 Å². The molecular formula is C12H17Cl2N3S. The van der Waals surface area contributed by atoms with Gasteiger partial charge >= 0.3 is 0 Å². The highest BCUT2D eigenvalue weighted by Gasteiger charge is 2.36. The standard InChI is InChI=1S/C12H17Cl2N3S/c1-15-10-8(13)6-9(14)11(17-10)16-7-12(18-2)4-3-5-12/h6H,3-5,7H2,1-2H3,(H2,15,16,17). The van der Waals surface area contributed by atoms with Crippen molar-refractivity contribution in [2.24, 2.45) is 0 Å². The summed E-state index contributed by atoms with van der Waals surface area (Å²) in [6.07, 6.45) is 5.99. The molecule has 1 aliphatic carbocycles. The van der Waals surface area contributed by atoms with Crippen LogP contribution in [0.2, 0.25) is 10.0 Å². The summed E-state index contributed by atoms with van der Waals surface area (Å²) < 4.78 is 0.352. The Balaban J connectivity index is 2.09. The summed E-state index contributed by atoms with van der Waals surface area (Å²) in [6, 6.07) is 1.72. The summed E-state index contributed by atoms with van der Waals surface area (Å²) in [5.74, 6) is 1.35. The van der Waals surface area contributed by atoms with Gasteiger partial charge in [-0.1, -0.05) is 29.6 Å². The lowest BCUT2D eigenvalue weighted by molar-refractivity contribution is 0.379. The first-order valence-electron chi connectivity index (χ1n) is 5.93. The number of halogens is 2. The lowest BCUT2D eigenvalue weighted by atomic mass is 9.84. The molecule has 0 aliphatic heterocycles. The summed E-state index contributed by atoms with van der Waals surface area (Å²) in [5, 5.41) is 7.40. The molecule has 18 heavy (non-hydrogen) atoms. The van der Waals surface area contributed by atoms with Gasteiger partial charge in [0, 0.05) is 18.3 Å². The Kier molecular flexibility index (Phi) is 4.51. The van der Waals surface area contributed by atoms with Gasteiger partial charge < -0.3 is 10.6 Å². The van der Waals surface area contributed by atoms with Gasteiger partial charge in [0.25, 0.3) is 0 Å². The molecule has 1 aliphatic rings. The lowest BCUT2D eigenvalue weighted by Gasteiger charge is -2.40. The molecule has 0 radical (unpaired) electrons. The topological polar surface area (TPSA) is 37.0 Å². The second-order valence-corrected chi connectivity index (χ2v) is 6.58. The maximum Gasteiger partial charge on any atom is 0.147 e. The number of pyridine rings is 1. The fourth-order valence-electron chi connectivity index (χ4n) is 2.03. The van der Waals surface area contributed by atoms with E-state index in [2.05, 4.69) is 21.9 Å². The van der Waals surface area contributed by atoms with Gasteiger partial charge in [0.05, 0.1) is 10.0 Å². The van der Waals surface area contributed by atoms with Crippen LogP contribution in [0.3, 0.4) is 0 Å². The van der Waals surface area contributed by atoms with Gasteiger partial charge in [-0.3, -0.25) is 0 Å². The highest BCUT2D eigenvalue weighted by Crippen LogP contribution is 2.43. The number of hydrogen-bond donors (Lipinski definition) is 2. The molecule has 0 atom stereocenters. The average molecular weight is 306 g/mol. The molecule has 6 heteroatoms. The zero-order valence-electron chi connectivity index (χ0n) is 10.5. The summed E-state index contributed by atoms with van der Waals surface area (Å²) >= 11 is 14.1. The van der Waals surface area contributed by atoms with Gasteiger partial charge in [0.2, 0.25) is 0 Å². The van der Waals surface area contributed by atoms with Crippen molar-refractivity contribution in [2.75, 3.05) is 30.5 Å². The minimum absolute atomic E-state index is 0.352. The maximum absolute atomic E-state index is 6.15.